The van der Waals surface area contributed by atoms with Crippen LogP contribution in [0.3, 0.4) is 0 Å². The molecule has 0 saturated heterocycles. The Hall–Kier alpha value is -3.30. The molecule has 0 unspecified atom stereocenters. The first-order valence-corrected chi connectivity index (χ1v) is 6.27. The highest BCUT2D eigenvalue weighted by Gasteiger charge is 2.08. The molecule has 4 rings (SSSR count). The van der Waals surface area contributed by atoms with Crippen LogP contribution in [-0.4, -0.2) is 39.0 Å². The van der Waals surface area contributed by atoms with Crippen molar-refractivity contribution < 1.29 is 0 Å². The van der Waals surface area contributed by atoms with E-state index in [0.717, 1.165) is 5.52 Å². The number of hydrogen-bond donors (Lipinski definition) is 2. The second-order valence-electron chi connectivity index (χ2n) is 4.51. The molecule has 0 fully saturated rings. The molecule has 4 aromatic heterocycles. The van der Waals surface area contributed by atoms with Crippen LogP contribution in [0.1, 0.15) is 0 Å². The van der Waals surface area contributed by atoms with E-state index in [1.54, 1.807) is 31.2 Å². The number of nitrogens with zero attached hydrogens (tertiary/aromatic N) is 6. The van der Waals surface area contributed by atoms with Crippen LogP contribution in [0.2, 0.25) is 0 Å². The lowest BCUT2D eigenvalue weighted by Gasteiger charge is -1.97. The lowest BCUT2D eigenvalue weighted by molar-refractivity contribution is 0.829. The molecule has 0 aliphatic heterocycles. The summed E-state index contributed by atoms with van der Waals surface area (Å²) in [5.74, 6) is 0. The number of aromatic nitrogens is 8. The van der Waals surface area contributed by atoms with Gasteiger partial charge in [0.05, 0.1) is 18.9 Å². The van der Waals surface area contributed by atoms with Crippen LogP contribution in [0.25, 0.3) is 22.3 Å². The monoisotopic (exact) mass is 300 g/mol. The highest BCUT2D eigenvalue weighted by atomic mass is 16.2. The number of fused-ring (bicyclic) bond motifs is 2. The Balaban J connectivity index is 0.000000139. The van der Waals surface area contributed by atoms with Gasteiger partial charge in [-0.25, -0.2) is 24.7 Å². The number of nitrogens with one attached hydrogen (secondary N) is 2. The molecule has 0 spiro atoms. The summed E-state index contributed by atoms with van der Waals surface area (Å²) < 4.78 is 2.88. The molecule has 0 atom stereocenters. The summed E-state index contributed by atoms with van der Waals surface area (Å²) in [6.45, 7) is 0. The predicted octanol–water partition coefficient (Wildman–Crippen LogP) is -0.687. The lowest BCUT2D eigenvalue weighted by atomic mass is 10.5. The molecule has 0 aliphatic carbocycles. The Morgan fingerprint density at radius 2 is 1.95 bits per heavy atom. The van der Waals surface area contributed by atoms with E-state index in [-0.39, 0.29) is 0 Å². The predicted molar refractivity (Wildman–Crippen MR) is 78.3 cm³/mol. The van der Waals surface area contributed by atoms with Gasteiger partial charge in [-0.2, -0.15) is 0 Å². The summed E-state index contributed by atoms with van der Waals surface area (Å²) >= 11 is 0. The highest BCUT2D eigenvalue weighted by Crippen LogP contribution is 2.01. The van der Waals surface area contributed by atoms with Gasteiger partial charge in [0.1, 0.15) is 11.8 Å². The summed E-state index contributed by atoms with van der Waals surface area (Å²) in [6.07, 6.45) is 6.26. The van der Waals surface area contributed by atoms with E-state index in [1.165, 1.54) is 17.2 Å². The van der Waals surface area contributed by atoms with E-state index >= 15 is 0 Å². The molecule has 10 nitrogen and oxygen atoms in total. The molecule has 4 aromatic rings. The number of hydrogen-bond acceptors (Lipinski definition) is 6. The van der Waals surface area contributed by atoms with Crippen molar-refractivity contribution in [2.24, 2.45) is 14.1 Å². The van der Waals surface area contributed by atoms with E-state index in [9.17, 15) is 9.59 Å². The molecule has 0 aliphatic rings. The van der Waals surface area contributed by atoms with Crippen LogP contribution in [-0.2, 0) is 14.1 Å². The zero-order valence-electron chi connectivity index (χ0n) is 11.8. The first kappa shape index (κ1) is 13.7. The van der Waals surface area contributed by atoms with Gasteiger partial charge < -0.3 is 9.55 Å². The minimum absolute atomic E-state index is 0.399. The molecule has 4 heterocycles. The van der Waals surface area contributed by atoms with Gasteiger partial charge in [-0.3, -0.25) is 14.3 Å². The summed E-state index contributed by atoms with van der Waals surface area (Å²) in [6, 6.07) is 0. The number of imidazole rings is 2. The van der Waals surface area contributed by atoms with Crippen molar-refractivity contribution in [3.05, 3.63) is 46.0 Å². The van der Waals surface area contributed by atoms with Crippen LogP contribution in [0.15, 0.2) is 34.8 Å². The number of aryl methyl sites for hydroxylation is 2. The van der Waals surface area contributed by atoms with Crippen molar-refractivity contribution in [3.63, 3.8) is 0 Å². The minimum Gasteiger partial charge on any atom is -0.342 e. The third-order valence-electron chi connectivity index (χ3n) is 3.07. The van der Waals surface area contributed by atoms with Crippen molar-refractivity contribution in [3.8, 4) is 0 Å². The largest absolute Gasteiger partial charge is 0.342 e. The van der Waals surface area contributed by atoms with Crippen LogP contribution < -0.4 is 11.2 Å². The van der Waals surface area contributed by atoms with Gasteiger partial charge in [-0.1, -0.05) is 0 Å². The van der Waals surface area contributed by atoms with Gasteiger partial charge in [0.2, 0.25) is 0 Å². The van der Waals surface area contributed by atoms with Gasteiger partial charge in [-0.15, -0.1) is 0 Å². The summed E-state index contributed by atoms with van der Waals surface area (Å²) in [5, 5.41) is 0. The van der Waals surface area contributed by atoms with E-state index in [1.807, 2.05) is 0 Å². The molecule has 2 N–H and O–H groups in total. The van der Waals surface area contributed by atoms with Crippen LogP contribution >= 0.6 is 0 Å². The molecule has 0 amide bonds. The highest BCUT2D eigenvalue weighted by molar-refractivity contribution is 5.69. The van der Waals surface area contributed by atoms with Gasteiger partial charge in [0.15, 0.2) is 16.8 Å². The van der Waals surface area contributed by atoms with E-state index in [4.69, 9.17) is 0 Å². The molecule has 112 valence electrons. The molecule has 0 aromatic carbocycles. The zero-order valence-corrected chi connectivity index (χ0v) is 11.8. The quantitative estimate of drug-likeness (QED) is 0.442. The second-order valence-corrected chi connectivity index (χ2v) is 4.51. The van der Waals surface area contributed by atoms with Gasteiger partial charge >= 0.3 is 5.69 Å². The Bertz CT molecular complexity index is 1020. The molecular formula is C12H12N8O2. The van der Waals surface area contributed by atoms with E-state index in [2.05, 4.69) is 29.9 Å². The van der Waals surface area contributed by atoms with Crippen LogP contribution in [0, 0.1) is 0 Å². The first-order valence-electron chi connectivity index (χ1n) is 6.27. The van der Waals surface area contributed by atoms with Gasteiger partial charge in [0.25, 0.3) is 5.56 Å². The van der Waals surface area contributed by atoms with E-state index < -0.39 is 11.2 Å². The Morgan fingerprint density at radius 3 is 2.73 bits per heavy atom. The van der Waals surface area contributed by atoms with Crippen molar-refractivity contribution in [2.45, 2.75) is 0 Å². The van der Waals surface area contributed by atoms with Crippen molar-refractivity contribution in [2.75, 3.05) is 0 Å². The topological polar surface area (TPSA) is 127 Å². The van der Waals surface area contributed by atoms with Gasteiger partial charge in [0, 0.05) is 14.1 Å². The normalized spacial score (nSPS) is 10.6. The third-order valence-corrected chi connectivity index (χ3v) is 3.07. The maximum Gasteiger partial charge on any atom is 0.329 e. The maximum absolute atomic E-state index is 11.3. The summed E-state index contributed by atoms with van der Waals surface area (Å²) in [5.41, 5.74) is 1.54. The SMILES string of the molecule is Cn1cnc2c1c(=O)[nH]c(=O)n2C.c1ncc2[nH]cnc2n1. The average molecular weight is 300 g/mol. The molecule has 10 heteroatoms. The number of aromatic amines is 2. The summed E-state index contributed by atoms with van der Waals surface area (Å²) in [7, 11) is 3.27. The fraction of sp³-hybridized carbons (Fsp3) is 0.167. The van der Waals surface area contributed by atoms with Crippen LogP contribution in [0.4, 0.5) is 0 Å². The smallest absolute Gasteiger partial charge is 0.329 e. The zero-order chi connectivity index (χ0) is 15.7. The van der Waals surface area contributed by atoms with Gasteiger partial charge in [-0.05, 0) is 0 Å². The van der Waals surface area contributed by atoms with Crippen molar-refractivity contribution in [1.29, 1.82) is 0 Å². The fourth-order valence-corrected chi connectivity index (χ4v) is 1.95. The Labute approximate surface area is 122 Å². The standard InChI is InChI=1S/C7H8N4O2.C5H4N4/c1-10-3-8-5-4(10)6(12)9-7(13)11(5)2;1-4-5(8-2-6-1)9-3-7-4/h3H,1-2H3,(H,9,12,13);1-3H,(H,6,7,8,9). The van der Waals surface area contributed by atoms with Crippen molar-refractivity contribution >= 4 is 22.3 Å². The molecular weight excluding hydrogens is 288 g/mol. The van der Waals surface area contributed by atoms with E-state index in [0.29, 0.717) is 16.8 Å². The van der Waals surface area contributed by atoms with Crippen molar-refractivity contribution in [1.82, 2.24) is 39.0 Å². The Kier molecular flexibility index (Phi) is 3.26. The second kappa shape index (κ2) is 5.24. The molecule has 0 bridgehead atoms. The summed E-state index contributed by atoms with van der Waals surface area (Å²) in [4.78, 5) is 43.1. The third kappa shape index (κ3) is 2.26. The Morgan fingerprint density at radius 1 is 1.14 bits per heavy atom. The van der Waals surface area contributed by atoms with Crippen LogP contribution in [0.5, 0.6) is 0 Å². The first-order chi connectivity index (χ1) is 10.6. The maximum atomic E-state index is 11.3. The fourth-order valence-electron chi connectivity index (χ4n) is 1.95. The average Bonchev–Trinajstić information content (AvgIpc) is 3.12. The molecule has 0 radical (unpaired) electrons. The number of H-pyrrole nitrogens is 2. The lowest BCUT2D eigenvalue weighted by Crippen LogP contribution is -2.28. The molecule has 0 saturated carbocycles. The number of rotatable bonds is 0. The molecule has 22 heavy (non-hydrogen) atoms. The minimum atomic E-state index is -0.448.